The number of thioether (sulfide) groups is 1. The molecule has 33 heavy (non-hydrogen) atoms. The van der Waals surface area contributed by atoms with Gasteiger partial charge in [0.25, 0.3) is 5.91 Å². The summed E-state index contributed by atoms with van der Waals surface area (Å²) in [6, 6.07) is -1.08. The van der Waals surface area contributed by atoms with E-state index in [-0.39, 0.29) is 30.4 Å². The monoisotopic (exact) mass is 485 g/mol. The number of hydrogen-bond donors (Lipinski definition) is 2. The smallest absolute Gasteiger partial charge is 0.336 e. The first-order valence-corrected chi connectivity index (χ1v) is 11.3. The lowest BCUT2D eigenvalue weighted by Gasteiger charge is -2.57. The van der Waals surface area contributed by atoms with Gasteiger partial charge in [0, 0.05) is 31.3 Å². The lowest BCUT2D eigenvalue weighted by molar-refractivity contribution is -0.163. The van der Waals surface area contributed by atoms with E-state index in [0.717, 1.165) is 4.90 Å². The highest BCUT2D eigenvalue weighted by Crippen LogP contribution is 2.59. The minimum absolute atomic E-state index is 0.0281. The molecule has 13 heteroatoms. The molecule has 1 spiro atoms. The molecule has 3 N–H and O–H groups in total. The zero-order valence-electron chi connectivity index (χ0n) is 18.9. The summed E-state index contributed by atoms with van der Waals surface area (Å²) in [5.41, 5.74) is 3.58. The van der Waals surface area contributed by atoms with Crippen LogP contribution in [0.15, 0.2) is 11.3 Å². The molecule has 0 bridgehead atoms. The highest BCUT2D eigenvalue weighted by atomic mass is 32.2. The number of urea groups is 1. The number of carbonyl (C=O) groups excluding carboxylic acids is 3. The zero-order chi connectivity index (χ0) is 24.5. The Morgan fingerprint density at radius 2 is 1.91 bits per heavy atom. The van der Waals surface area contributed by atoms with Crippen LogP contribution in [-0.4, -0.2) is 80.7 Å². The van der Waals surface area contributed by atoms with Crippen LogP contribution in [0.1, 0.15) is 40.5 Å². The summed E-state index contributed by atoms with van der Waals surface area (Å²) in [5, 5.41) is 9.63. The van der Waals surface area contributed by atoms with Gasteiger partial charge in [0.1, 0.15) is 12.0 Å². The van der Waals surface area contributed by atoms with Gasteiger partial charge in [-0.2, -0.15) is 9.78 Å². The van der Waals surface area contributed by atoms with Crippen molar-refractivity contribution in [2.75, 3.05) is 13.7 Å². The summed E-state index contributed by atoms with van der Waals surface area (Å²) >= 11 is 1.42. The Morgan fingerprint density at radius 1 is 1.27 bits per heavy atom. The molecule has 4 atom stereocenters. The Balaban J connectivity index is 1.99. The molecule has 4 aliphatic heterocycles. The van der Waals surface area contributed by atoms with Crippen LogP contribution >= 0.6 is 11.8 Å². The predicted octanol–water partition coefficient (Wildman–Crippen LogP) is 0.762. The molecule has 3 fully saturated rings. The summed E-state index contributed by atoms with van der Waals surface area (Å²) in [6.45, 7) is 6.84. The molecular weight excluding hydrogens is 458 g/mol. The molecule has 12 nitrogen and oxygen atoms in total. The third-order valence-electron chi connectivity index (χ3n) is 6.37. The van der Waals surface area contributed by atoms with Crippen molar-refractivity contribution in [3.8, 4) is 0 Å². The van der Waals surface area contributed by atoms with Gasteiger partial charge in [-0.05, 0) is 11.8 Å². The molecule has 2 unspecified atom stereocenters. The number of nitrogens with zero attached hydrogens (tertiary/aromatic N) is 2. The van der Waals surface area contributed by atoms with Gasteiger partial charge >= 0.3 is 23.9 Å². The third-order valence-corrected chi connectivity index (χ3v) is 8.37. The number of carboxylic acid groups (broad SMARTS) is 1. The normalized spacial score (nSPS) is 32.5. The van der Waals surface area contributed by atoms with E-state index in [4.69, 9.17) is 25.0 Å². The minimum atomic E-state index is -2.07. The number of fused-ring (bicyclic) bond motifs is 1. The lowest BCUT2D eigenvalue weighted by Crippen LogP contribution is -2.72. The lowest BCUT2D eigenvalue weighted by atomic mass is 9.79. The third kappa shape index (κ3) is 3.32. The SMILES string of the molecule is CO[C@H]1C(=O)N2C([C@]3(C(=O)O)CCC4(OO4)N3C(N)=O)=C(COC(C)=O)C(C(C)(C)C)SC12. The molecule has 0 aromatic carbocycles. The fourth-order valence-electron chi connectivity index (χ4n) is 4.98. The number of hydrogen-bond acceptors (Lipinski definition) is 9. The molecule has 4 heterocycles. The molecule has 4 rings (SSSR count). The van der Waals surface area contributed by atoms with Crippen LogP contribution in [0.5, 0.6) is 0 Å². The first-order chi connectivity index (χ1) is 15.3. The van der Waals surface area contributed by atoms with Crippen LogP contribution < -0.4 is 5.73 Å². The van der Waals surface area contributed by atoms with Crippen LogP contribution in [-0.2, 0) is 33.6 Å². The van der Waals surface area contributed by atoms with Gasteiger partial charge in [-0.3, -0.25) is 14.5 Å². The predicted molar refractivity (Wildman–Crippen MR) is 112 cm³/mol. The molecular formula is C20H27N3O9S. The van der Waals surface area contributed by atoms with Crippen LogP contribution in [0, 0.1) is 5.41 Å². The average molecular weight is 486 g/mol. The Hall–Kier alpha value is -2.35. The Labute approximate surface area is 194 Å². The second kappa shape index (κ2) is 7.58. The van der Waals surface area contributed by atoms with E-state index in [1.165, 1.54) is 30.7 Å². The molecule has 182 valence electrons. The minimum Gasteiger partial charge on any atom is -0.479 e. The number of aliphatic carboxylic acids is 1. The van der Waals surface area contributed by atoms with E-state index < -0.39 is 52.2 Å². The molecule has 0 aliphatic carbocycles. The second-order valence-electron chi connectivity index (χ2n) is 9.51. The fourth-order valence-corrected chi connectivity index (χ4v) is 6.72. The topological polar surface area (TPSA) is 165 Å². The number of nitrogens with two attached hydrogens (primary N) is 1. The van der Waals surface area contributed by atoms with Gasteiger partial charge in [0.2, 0.25) is 0 Å². The average Bonchev–Trinajstić information content (AvgIpc) is 3.37. The first kappa shape index (κ1) is 23.8. The number of amides is 3. The number of rotatable bonds is 5. The molecule has 3 saturated heterocycles. The fraction of sp³-hybridized carbons (Fsp3) is 0.700. The number of carbonyl (C=O) groups is 4. The number of ether oxygens (including phenoxy) is 2. The highest BCUT2D eigenvalue weighted by molar-refractivity contribution is 8.01. The van der Waals surface area contributed by atoms with Crippen molar-refractivity contribution in [1.29, 1.82) is 0 Å². The van der Waals surface area contributed by atoms with Crippen molar-refractivity contribution >= 4 is 35.6 Å². The summed E-state index contributed by atoms with van der Waals surface area (Å²) in [7, 11) is 1.41. The maximum Gasteiger partial charge on any atom is 0.336 e. The highest BCUT2D eigenvalue weighted by Gasteiger charge is 2.75. The number of likely N-dealkylation sites (tertiary alicyclic amines) is 1. The van der Waals surface area contributed by atoms with E-state index in [2.05, 4.69) is 0 Å². The van der Waals surface area contributed by atoms with E-state index in [1.54, 1.807) is 0 Å². The standard InChI is InChI=1S/C20H27N3O9S/c1-9(24)30-8-10-12(19(16(26)27)6-7-20(31-32-20)23(19)17(21)28)22-14(25)11(29-5)15(22)33-13(10)18(2,3)4/h11,13,15H,6-8H2,1-5H3,(H2,21,28)(H,26,27)/t11-,13?,15?,19-/m0/s1. The van der Waals surface area contributed by atoms with Crippen molar-refractivity contribution in [2.24, 2.45) is 11.1 Å². The maximum absolute atomic E-state index is 13.1. The van der Waals surface area contributed by atoms with E-state index >= 15 is 0 Å². The van der Waals surface area contributed by atoms with Gasteiger partial charge < -0.3 is 20.3 Å². The number of esters is 1. The largest absolute Gasteiger partial charge is 0.479 e. The Bertz CT molecular complexity index is 957. The van der Waals surface area contributed by atoms with Crippen LogP contribution in [0.4, 0.5) is 4.79 Å². The summed E-state index contributed by atoms with van der Waals surface area (Å²) in [4.78, 5) is 62.5. The molecule has 0 aromatic rings. The molecule has 0 saturated carbocycles. The summed E-state index contributed by atoms with van der Waals surface area (Å²) in [6.07, 6.45) is -0.887. The Morgan fingerprint density at radius 3 is 2.36 bits per heavy atom. The van der Waals surface area contributed by atoms with Gasteiger partial charge in [-0.15, -0.1) is 11.8 Å². The molecule has 0 radical (unpaired) electrons. The van der Waals surface area contributed by atoms with Crippen LogP contribution in [0.2, 0.25) is 0 Å². The molecule has 0 aromatic heterocycles. The molecule has 3 amide bonds. The number of primary amides is 1. The maximum atomic E-state index is 13.1. The van der Waals surface area contributed by atoms with Crippen LogP contribution in [0.3, 0.4) is 0 Å². The number of methoxy groups -OCH3 is 1. The zero-order valence-corrected chi connectivity index (χ0v) is 19.8. The van der Waals surface area contributed by atoms with Crippen molar-refractivity contribution in [2.45, 2.75) is 68.7 Å². The van der Waals surface area contributed by atoms with Crippen molar-refractivity contribution in [3.63, 3.8) is 0 Å². The summed E-state index contributed by atoms with van der Waals surface area (Å²) in [5.74, 6) is -4.05. The van der Waals surface area contributed by atoms with Crippen molar-refractivity contribution in [1.82, 2.24) is 9.80 Å². The quantitative estimate of drug-likeness (QED) is 0.246. The molecule has 4 aliphatic rings. The van der Waals surface area contributed by atoms with Gasteiger partial charge in [0.05, 0.1) is 5.70 Å². The van der Waals surface area contributed by atoms with Gasteiger partial charge in [-0.25, -0.2) is 14.5 Å². The second-order valence-corrected chi connectivity index (χ2v) is 10.7. The summed E-state index contributed by atoms with van der Waals surface area (Å²) < 4.78 is 10.7. The van der Waals surface area contributed by atoms with Gasteiger partial charge in [0.15, 0.2) is 11.6 Å². The first-order valence-electron chi connectivity index (χ1n) is 10.4. The van der Waals surface area contributed by atoms with Crippen molar-refractivity contribution < 1.29 is 43.5 Å². The van der Waals surface area contributed by atoms with E-state index in [1.807, 2.05) is 20.8 Å². The van der Waals surface area contributed by atoms with E-state index in [0.29, 0.717) is 5.57 Å². The number of carboxylic acids is 1. The van der Waals surface area contributed by atoms with E-state index in [9.17, 15) is 24.3 Å². The number of β-lactam (4-membered cyclic amide) rings is 1. The Kier molecular flexibility index (Phi) is 5.47. The van der Waals surface area contributed by atoms with Gasteiger partial charge in [-0.1, -0.05) is 20.8 Å². The van der Waals surface area contributed by atoms with Crippen LogP contribution in [0.25, 0.3) is 0 Å². The van der Waals surface area contributed by atoms with Crippen molar-refractivity contribution in [3.05, 3.63) is 11.3 Å².